The third kappa shape index (κ3) is 5.19. The molecule has 0 aromatic heterocycles. The number of carbonyl (C=O) groups excluding carboxylic acids is 1. The predicted octanol–water partition coefficient (Wildman–Crippen LogP) is 1.78. The molecule has 0 atom stereocenters. The number of carbonyl (C=O) groups is 1. The molecule has 1 aromatic carbocycles. The van der Waals surface area contributed by atoms with Crippen molar-refractivity contribution in [2.24, 2.45) is 0 Å². The number of methoxy groups -OCH3 is 1. The largest absolute Gasteiger partial charge is 0.496 e. The van der Waals surface area contributed by atoms with Crippen LogP contribution in [-0.4, -0.2) is 32.8 Å². The average Bonchev–Trinajstić information content (AvgIpc) is 2.39. The highest BCUT2D eigenvalue weighted by atomic mass is 16.5. The summed E-state index contributed by atoms with van der Waals surface area (Å²) in [4.78, 5) is 11.1. The molecular formula is C14H21NO3. The Morgan fingerprint density at radius 3 is 2.78 bits per heavy atom. The molecule has 0 spiro atoms. The summed E-state index contributed by atoms with van der Waals surface area (Å²) < 4.78 is 10.1. The fourth-order valence-electron chi connectivity index (χ4n) is 1.68. The SMILES string of the molecule is CCOC(=O)CCNCCc1ccccc1OC. The first-order valence-corrected chi connectivity index (χ1v) is 6.26. The van der Waals surface area contributed by atoms with Gasteiger partial charge >= 0.3 is 5.97 Å². The zero-order chi connectivity index (χ0) is 13.2. The van der Waals surface area contributed by atoms with Gasteiger partial charge in [0.05, 0.1) is 20.1 Å². The Balaban J connectivity index is 2.19. The lowest BCUT2D eigenvalue weighted by atomic mass is 10.1. The molecule has 0 aliphatic heterocycles. The summed E-state index contributed by atoms with van der Waals surface area (Å²) in [5.74, 6) is 0.756. The van der Waals surface area contributed by atoms with Gasteiger partial charge in [0.15, 0.2) is 0 Å². The van der Waals surface area contributed by atoms with Gasteiger partial charge in [-0.3, -0.25) is 4.79 Å². The van der Waals surface area contributed by atoms with E-state index in [9.17, 15) is 4.79 Å². The van der Waals surface area contributed by atoms with Crippen molar-refractivity contribution in [2.75, 3.05) is 26.8 Å². The van der Waals surface area contributed by atoms with Crippen LogP contribution in [-0.2, 0) is 16.0 Å². The summed E-state index contributed by atoms with van der Waals surface area (Å²) >= 11 is 0. The average molecular weight is 251 g/mol. The first-order valence-electron chi connectivity index (χ1n) is 6.26. The maximum atomic E-state index is 11.1. The van der Waals surface area contributed by atoms with Crippen molar-refractivity contribution in [3.05, 3.63) is 29.8 Å². The van der Waals surface area contributed by atoms with E-state index in [2.05, 4.69) is 5.32 Å². The molecule has 0 unspecified atom stereocenters. The number of ether oxygens (including phenoxy) is 2. The van der Waals surface area contributed by atoms with Gasteiger partial charge in [0.2, 0.25) is 0 Å². The standard InChI is InChI=1S/C14H21NO3/c1-3-18-14(16)9-11-15-10-8-12-6-4-5-7-13(12)17-2/h4-7,15H,3,8-11H2,1-2H3. The highest BCUT2D eigenvalue weighted by Gasteiger charge is 2.02. The Labute approximate surface area is 108 Å². The lowest BCUT2D eigenvalue weighted by molar-refractivity contribution is -0.142. The molecule has 0 heterocycles. The van der Waals surface area contributed by atoms with Crippen molar-refractivity contribution in [3.63, 3.8) is 0 Å². The van der Waals surface area contributed by atoms with Gasteiger partial charge in [-0.25, -0.2) is 0 Å². The normalized spacial score (nSPS) is 10.1. The molecule has 0 radical (unpaired) electrons. The minimum atomic E-state index is -0.151. The lowest BCUT2D eigenvalue weighted by Gasteiger charge is -2.08. The quantitative estimate of drug-likeness (QED) is 0.565. The first-order chi connectivity index (χ1) is 8.77. The van der Waals surface area contributed by atoms with Crippen molar-refractivity contribution in [1.29, 1.82) is 0 Å². The Morgan fingerprint density at radius 2 is 2.06 bits per heavy atom. The van der Waals surface area contributed by atoms with Crippen LogP contribution in [0.3, 0.4) is 0 Å². The van der Waals surface area contributed by atoms with E-state index < -0.39 is 0 Å². The van der Waals surface area contributed by atoms with E-state index in [0.29, 0.717) is 19.6 Å². The van der Waals surface area contributed by atoms with Gasteiger partial charge in [-0.15, -0.1) is 0 Å². The van der Waals surface area contributed by atoms with Crippen molar-refractivity contribution in [2.45, 2.75) is 19.8 Å². The van der Waals surface area contributed by atoms with Crippen molar-refractivity contribution in [1.82, 2.24) is 5.32 Å². The van der Waals surface area contributed by atoms with Crippen LogP contribution in [0.25, 0.3) is 0 Å². The molecule has 18 heavy (non-hydrogen) atoms. The van der Waals surface area contributed by atoms with Crippen LogP contribution in [0.5, 0.6) is 5.75 Å². The van der Waals surface area contributed by atoms with E-state index in [1.165, 1.54) is 5.56 Å². The summed E-state index contributed by atoms with van der Waals surface area (Å²) in [5, 5.41) is 3.22. The zero-order valence-electron chi connectivity index (χ0n) is 11.1. The van der Waals surface area contributed by atoms with Gasteiger partial charge in [-0.2, -0.15) is 0 Å². The minimum Gasteiger partial charge on any atom is -0.496 e. The minimum absolute atomic E-state index is 0.151. The number of esters is 1. The number of para-hydroxylation sites is 1. The van der Waals surface area contributed by atoms with Gasteiger partial charge < -0.3 is 14.8 Å². The van der Waals surface area contributed by atoms with Gasteiger partial charge in [0.1, 0.15) is 5.75 Å². The van der Waals surface area contributed by atoms with Gasteiger partial charge in [0.25, 0.3) is 0 Å². The topological polar surface area (TPSA) is 47.6 Å². The van der Waals surface area contributed by atoms with Crippen LogP contribution in [0.15, 0.2) is 24.3 Å². The summed E-state index contributed by atoms with van der Waals surface area (Å²) in [6.07, 6.45) is 1.30. The predicted molar refractivity (Wildman–Crippen MR) is 70.8 cm³/mol. The van der Waals surface area contributed by atoms with Crippen molar-refractivity contribution in [3.8, 4) is 5.75 Å². The van der Waals surface area contributed by atoms with Crippen molar-refractivity contribution >= 4 is 5.97 Å². The zero-order valence-corrected chi connectivity index (χ0v) is 11.1. The molecule has 0 bridgehead atoms. The molecule has 0 fully saturated rings. The number of nitrogens with one attached hydrogen (secondary N) is 1. The van der Waals surface area contributed by atoms with E-state index in [4.69, 9.17) is 9.47 Å². The van der Waals surface area contributed by atoms with Crippen molar-refractivity contribution < 1.29 is 14.3 Å². The summed E-state index contributed by atoms with van der Waals surface area (Å²) in [7, 11) is 1.67. The first kappa shape index (κ1) is 14.5. The molecular weight excluding hydrogens is 230 g/mol. The third-order valence-electron chi connectivity index (χ3n) is 2.57. The monoisotopic (exact) mass is 251 g/mol. The molecule has 100 valence electrons. The molecule has 4 heteroatoms. The Kier molecular flexibility index (Phi) is 6.87. The van der Waals surface area contributed by atoms with Crippen LogP contribution in [0.1, 0.15) is 18.9 Å². The molecule has 1 aromatic rings. The van der Waals surface area contributed by atoms with E-state index in [0.717, 1.165) is 18.7 Å². The maximum Gasteiger partial charge on any atom is 0.307 e. The molecule has 0 amide bonds. The second-order valence-corrected chi connectivity index (χ2v) is 3.87. The second kappa shape index (κ2) is 8.53. The number of benzene rings is 1. The van der Waals surface area contributed by atoms with Gasteiger partial charge in [-0.05, 0) is 31.5 Å². The van der Waals surface area contributed by atoms with Crippen LogP contribution >= 0.6 is 0 Å². The molecule has 0 aliphatic rings. The van der Waals surface area contributed by atoms with Gasteiger partial charge in [-0.1, -0.05) is 18.2 Å². The Morgan fingerprint density at radius 1 is 1.28 bits per heavy atom. The van der Waals surface area contributed by atoms with Crippen LogP contribution in [0.4, 0.5) is 0 Å². The summed E-state index contributed by atoms with van der Waals surface area (Å²) in [5.41, 5.74) is 1.17. The number of hydrogen-bond acceptors (Lipinski definition) is 4. The molecule has 0 aliphatic carbocycles. The molecule has 0 saturated heterocycles. The second-order valence-electron chi connectivity index (χ2n) is 3.87. The van der Waals surface area contributed by atoms with Crippen LogP contribution in [0.2, 0.25) is 0 Å². The van der Waals surface area contributed by atoms with Gasteiger partial charge in [0, 0.05) is 6.54 Å². The molecule has 1 N–H and O–H groups in total. The smallest absolute Gasteiger partial charge is 0.307 e. The molecule has 0 saturated carbocycles. The summed E-state index contributed by atoms with van der Waals surface area (Å²) in [6, 6.07) is 7.95. The highest BCUT2D eigenvalue weighted by molar-refractivity contribution is 5.69. The third-order valence-corrected chi connectivity index (χ3v) is 2.57. The maximum absolute atomic E-state index is 11.1. The highest BCUT2D eigenvalue weighted by Crippen LogP contribution is 2.17. The Hall–Kier alpha value is -1.55. The van der Waals surface area contributed by atoms with E-state index in [1.807, 2.05) is 31.2 Å². The molecule has 1 rings (SSSR count). The Bertz CT molecular complexity index is 366. The van der Waals surface area contributed by atoms with E-state index >= 15 is 0 Å². The number of hydrogen-bond donors (Lipinski definition) is 1. The van der Waals surface area contributed by atoms with E-state index in [1.54, 1.807) is 7.11 Å². The fraction of sp³-hybridized carbons (Fsp3) is 0.500. The number of rotatable bonds is 8. The lowest BCUT2D eigenvalue weighted by Crippen LogP contribution is -2.21. The van der Waals surface area contributed by atoms with Crippen LogP contribution < -0.4 is 10.1 Å². The van der Waals surface area contributed by atoms with E-state index in [-0.39, 0.29) is 5.97 Å². The summed E-state index contributed by atoms with van der Waals surface area (Å²) in [6.45, 7) is 3.72. The fourth-order valence-corrected chi connectivity index (χ4v) is 1.68. The molecule has 4 nitrogen and oxygen atoms in total. The van der Waals surface area contributed by atoms with Crippen LogP contribution in [0, 0.1) is 0 Å².